The Morgan fingerprint density at radius 2 is 1.29 bits per heavy atom. The van der Waals surface area contributed by atoms with Crippen molar-refractivity contribution in [1.29, 1.82) is 0 Å². The van der Waals surface area contributed by atoms with Crippen molar-refractivity contribution in [2.75, 3.05) is 21.1 Å². The molecule has 0 aliphatic carbocycles. The molecule has 0 aromatic rings. The van der Waals surface area contributed by atoms with E-state index in [1.165, 1.54) is 0 Å². The topological polar surface area (TPSA) is 0 Å². The zero-order chi connectivity index (χ0) is 6.08. The third kappa shape index (κ3) is 4.02. The fraction of sp³-hybridized carbons (Fsp3) is 1.00. The first-order chi connectivity index (χ1) is 2.94. The molecule has 1 nitrogen and oxygen atoms in total. The highest BCUT2D eigenvalue weighted by molar-refractivity contribution is 14.3. The minimum absolute atomic E-state index is 0.0183. The quantitative estimate of drug-likeness (QED) is 0.503. The Morgan fingerprint density at radius 1 is 1.14 bits per heavy atom. The van der Waals surface area contributed by atoms with Crippen LogP contribution in [0.25, 0.3) is 0 Å². The van der Waals surface area contributed by atoms with E-state index < -0.39 is 0 Å². The summed E-state index contributed by atoms with van der Waals surface area (Å²) >= 11 is 4.98. The van der Waals surface area contributed by atoms with Gasteiger partial charge in [-0.05, 0) is 0 Å². The summed E-state index contributed by atoms with van der Waals surface area (Å²) in [6, 6.07) is 0. The SMILES string of the molecule is C[N+](C)(C)[BH-](I)I. The maximum Gasteiger partial charge on any atom is 0.309 e. The van der Waals surface area contributed by atoms with E-state index in [0.29, 0.717) is 0 Å². The van der Waals surface area contributed by atoms with Gasteiger partial charge in [-0.2, -0.15) is 0 Å². The largest absolute Gasteiger partial charge is 0.508 e. The van der Waals surface area contributed by atoms with Gasteiger partial charge in [0.1, 0.15) is 0 Å². The molecular weight excluding hydrogens is 315 g/mol. The standard InChI is InChI=1S/C3H10BI2N/c1-7(2,3)4(5)6/h4H,1-3H3. The van der Waals surface area contributed by atoms with Crippen LogP contribution in [0.3, 0.4) is 0 Å². The number of rotatable bonds is 1. The second kappa shape index (κ2) is 2.86. The summed E-state index contributed by atoms with van der Waals surface area (Å²) in [5.41, 5.74) is 0. The molecule has 0 rings (SSSR count). The van der Waals surface area contributed by atoms with Crippen LogP contribution < -0.4 is 0 Å². The Bertz CT molecular complexity index is 58.4. The molecule has 0 amide bonds. The molecule has 0 saturated heterocycles. The third-order valence-corrected chi connectivity index (χ3v) is 4.81. The van der Waals surface area contributed by atoms with E-state index in [-0.39, 0.29) is 2.56 Å². The molecule has 0 aliphatic rings. The highest BCUT2D eigenvalue weighted by Gasteiger charge is 2.07. The molecule has 0 saturated carbocycles. The molecule has 0 atom stereocenters. The van der Waals surface area contributed by atoms with Crippen LogP contribution in [0.4, 0.5) is 0 Å². The number of quaternary nitrogens is 1. The van der Waals surface area contributed by atoms with Crippen molar-refractivity contribution in [1.82, 2.24) is 0 Å². The van der Waals surface area contributed by atoms with Crippen molar-refractivity contribution >= 4 is 47.3 Å². The number of hydrogen-bond acceptors (Lipinski definition) is 0. The lowest BCUT2D eigenvalue weighted by atomic mass is 10.3. The summed E-state index contributed by atoms with van der Waals surface area (Å²) in [4.78, 5) is 0. The predicted octanol–water partition coefficient (Wildman–Crippen LogP) is 1.28. The highest BCUT2D eigenvalue weighted by Crippen LogP contribution is 2.12. The van der Waals surface area contributed by atoms with Crippen molar-refractivity contribution in [3.63, 3.8) is 0 Å². The molecule has 0 fully saturated rings. The zero-order valence-corrected chi connectivity index (χ0v) is 9.23. The van der Waals surface area contributed by atoms with Gasteiger partial charge in [0, 0.05) is 21.1 Å². The van der Waals surface area contributed by atoms with Gasteiger partial charge < -0.3 is 4.39 Å². The highest BCUT2D eigenvalue weighted by atomic mass is 127. The van der Waals surface area contributed by atoms with Gasteiger partial charge in [-0.25, -0.2) is 0 Å². The molecule has 0 heterocycles. The van der Waals surface area contributed by atoms with Crippen LogP contribution in [-0.4, -0.2) is 28.1 Å². The lowest BCUT2D eigenvalue weighted by Gasteiger charge is -2.35. The van der Waals surface area contributed by atoms with Gasteiger partial charge in [0.15, 0.2) is 0 Å². The van der Waals surface area contributed by atoms with E-state index in [2.05, 4.69) is 65.9 Å². The van der Waals surface area contributed by atoms with Gasteiger partial charge in [0.05, 0.1) is 0 Å². The molecule has 0 unspecified atom stereocenters. The van der Waals surface area contributed by atoms with Crippen LogP contribution in [0.15, 0.2) is 0 Å². The van der Waals surface area contributed by atoms with E-state index in [1.54, 1.807) is 0 Å². The predicted molar refractivity (Wildman–Crippen MR) is 53.2 cm³/mol. The summed E-state index contributed by atoms with van der Waals surface area (Å²) < 4.78 is 1.09. The fourth-order valence-corrected chi connectivity index (χ4v) is 0. The van der Waals surface area contributed by atoms with Crippen LogP contribution in [0, 0.1) is 0 Å². The normalized spacial score (nSPS) is 12.9. The van der Waals surface area contributed by atoms with Crippen LogP contribution >= 0.6 is 44.7 Å². The van der Waals surface area contributed by atoms with Crippen molar-refractivity contribution in [2.45, 2.75) is 0 Å². The van der Waals surface area contributed by atoms with E-state index in [1.807, 2.05) is 0 Å². The summed E-state index contributed by atoms with van der Waals surface area (Å²) in [6.45, 7) is 0. The molecule has 4 heteroatoms. The molecule has 0 spiro atoms. The summed E-state index contributed by atoms with van der Waals surface area (Å²) in [7, 11) is 6.66. The number of hydrogen-bond donors (Lipinski definition) is 0. The molecule has 0 aromatic heterocycles. The monoisotopic (exact) mass is 325 g/mol. The van der Waals surface area contributed by atoms with Gasteiger partial charge in [-0.15, -0.1) is 0 Å². The van der Waals surface area contributed by atoms with Gasteiger partial charge in [0.2, 0.25) is 0 Å². The molecule has 0 radical (unpaired) electrons. The molecule has 44 valence electrons. The first-order valence-electron chi connectivity index (χ1n) is 2.19. The maximum atomic E-state index is 2.49. The fourth-order valence-electron chi connectivity index (χ4n) is 0. The average Bonchev–Trinajstić information content (AvgIpc) is 1.31. The molecule has 0 bridgehead atoms. The molecule has 0 N–H and O–H groups in total. The van der Waals surface area contributed by atoms with Crippen LogP contribution in [0.1, 0.15) is 0 Å². The van der Waals surface area contributed by atoms with Crippen LogP contribution in [0.2, 0.25) is 0 Å². The Morgan fingerprint density at radius 3 is 1.29 bits per heavy atom. The van der Waals surface area contributed by atoms with Gasteiger partial charge in [-0.1, -0.05) is 0 Å². The molecule has 0 aromatic carbocycles. The lowest BCUT2D eigenvalue weighted by Crippen LogP contribution is -2.41. The number of nitrogens with zero attached hydrogens (tertiary/aromatic N) is 1. The van der Waals surface area contributed by atoms with Crippen LogP contribution in [0.5, 0.6) is 0 Å². The van der Waals surface area contributed by atoms with E-state index in [4.69, 9.17) is 0 Å². The Balaban J connectivity index is 3.54. The summed E-state index contributed by atoms with van der Waals surface area (Å²) in [5, 5.41) is 0. The van der Waals surface area contributed by atoms with Crippen molar-refractivity contribution in [3.05, 3.63) is 0 Å². The summed E-state index contributed by atoms with van der Waals surface area (Å²) in [5.74, 6) is 0. The third-order valence-electron chi connectivity index (χ3n) is 0.717. The lowest BCUT2D eigenvalue weighted by molar-refractivity contribution is -0.752. The van der Waals surface area contributed by atoms with Gasteiger partial charge >= 0.3 is 2.56 Å². The van der Waals surface area contributed by atoms with Crippen LogP contribution in [-0.2, 0) is 0 Å². The van der Waals surface area contributed by atoms with E-state index >= 15 is 0 Å². The van der Waals surface area contributed by atoms with Gasteiger partial charge in [-0.3, -0.25) is 44.7 Å². The van der Waals surface area contributed by atoms with Crippen molar-refractivity contribution in [3.8, 4) is 0 Å². The molecule has 0 aliphatic heterocycles. The Hall–Kier alpha value is 1.48. The average molecular weight is 325 g/mol. The Labute approximate surface area is 72.3 Å². The second-order valence-electron chi connectivity index (χ2n) is 2.63. The Kier molecular flexibility index (Phi) is 3.47. The maximum absolute atomic E-state index is 2.49. The van der Waals surface area contributed by atoms with Gasteiger partial charge in [0.25, 0.3) is 0 Å². The zero-order valence-electron chi connectivity index (χ0n) is 4.91. The minimum atomic E-state index is -0.0183. The van der Waals surface area contributed by atoms with E-state index in [0.717, 1.165) is 4.39 Å². The van der Waals surface area contributed by atoms with Crippen molar-refractivity contribution in [2.24, 2.45) is 0 Å². The number of halogens is 2. The second-order valence-corrected chi connectivity index (χ2v) is 8.44. The smallest absolute Gasteiger partial charge is 0.309 e. The minimum Gasteiger partial charge on any atom is -0.508 e. The van der Waals surface area contributed by atoms with Crippen molar-refractivity contribution < 1.29 is 4.39 Å². The molecule has 7 heavy (non-hydrogen) atoms. The van der Waals surface area contributed by atoms with E-state index in [9.17, 15) is 0 Å². The summed E-state index contributed by atoms with van der Waals surface area (Å²) in [6.07, 6.45) is 0. The molecular formula is C3H10BI2N. The first kappa shape index (κ1) is 8.48. The first-order valence-corrected chi connectivity index (χ1v) is 5.24.